The fourth-order valence-electron chi connectivity index (χ4n) is 2.85. The molecule has 0 aliphatic carbocycles. The fourth-order valence-corrected chi connectivity index (χ4v) is 2.85. The van der Waals surface area contributed by atoms with Gasteiger partial charge in [0.25, 0.3) is 5.91 Å². The summed E-state index contributed by atoms with van der Waals surface area (Å²) in [5.41, 5.74) is 4.01. The molecule has 1 aromatic heterocycles. The van der Waals surface area contributed by atoms with Gasteiger partial charge in [0.1, 0.15) is 0 Å². The van der Waals surface area contributed by atoms with Crippen LogP contribution in [0.25, 0.3) is 0 Å². The van der Waals surface area contributed by atoms with E-state index >= 15 is 0 Å². The number of benzene rings is 1. The first-order valence-corrected chi connectivity index (χ1v) is 7.82. The minimum absolute atomic E-state index is 0.00858. The van der Waals surface area contributed by atoms with Crippen LogP contribution in [0.15, 0.2) is 30.3 Å². The van der Waals surface area contributed by atoms with E-state index in [0.717, 1.165) is 50.2 Å². The molecule has 2 heterocycles. The summed E-state index contributed by atoms with van der Waals surface area (Å²) >= 11 is 0. The molecule has 5 heteroatoms. The third-order valence-electron chi connectivity index (χ3n) is 4.16. The molecule has 2 N–H and O–H groups in total. The third-order valence-corrected chi connectivity index (χ3v) is 4.16. The molecular weight excluding hydrogens is 276 g/mol. The van der Waals surface area contributed by atoms with Crippen LogP contribution in [0.1, 0.15) is 33.7 Å². The number of hydrogen-bond acceptors (Lipinski definition) is 3. The molecule has 0 saturated heterocycles. The number of carbonyl (C=O) groups excluding carboxylic acids is 1. The van der Waals surface area contributed by atoms with Crippen molar-refractivity contribution in [1.29, 1.82) is 0 Å². The number of hydrogen-bond donors (Lipinski definition) is 2. The van der Waals surface area contributed by atoms with Gasteiger partial charge < -0.3 is 10.2 Å². The summed E-state index contributed by atoms with van der Waals surface area (Å²) in [5.74, 6) is 0.00858. The quantitative estimate of drug-likeness (QED) is 0.884. The zero-order valence-electron chi connectivity index (χ0n) is 12.9. The molecule has 1 aliphatic heterocycles. The fraction of sp³-hybridized carbons (Fsp3) is 0.412. The van der Waals surface area contributed by atoms with Crippen LogP contribution in [0.2, 0.25) is 0 Å². The molecule has 22 heavy (non-hydrogen) atoms. The maximum atomic E-state index is 12.5. The second-order valence-electron chi connectivity index (χ2n) is 5.77. The number of aryl methyl sites for hydroxylation is 1. The molecule has 1 aromatic carbocycles. The van der Waals surface area contributed by atoms with Gasteiger partial charge in [-0.3, -0.25) is 9.89 Å². The van der Waals surface area contributed by atoms with E-state index in [1.165, 1.54) is 5.56 Å². The van der Waals surface area contributed by atoms with Gasteiger partial charge in [0.15, 0.2) is 5.69 Å². The highest BCUT2D eigenvalue weighted by Gasteiger charge is 2.23. The van der Waals surface area contributed by atoms with Gasteiger partial charge in [-0.15, -0.1) is 0 Å². The minimum Gasteiger partial charge on any atom is -0.340 e. The SMILES string of the molecule is CN(CCCc1ccccc1)C(=O)c1n[nH]c2c1CNCC2. The highest BCUT2D eigenvalue weighted by Crippen LogP contribution is 2.16. The van der Waals surface area contributed by atoms with E-state index in [9.17, 15) is 4.79 Å². The third kappa shape index (κ3) is 3.20. The van der Waals surface area contributed by atoms with Gasteiger partial charge >= 0.3 is 0 Å². The summed E-state index contributed by atoms with van der Waals surface area (Å²) in [6.07, 6.45) is 2.85. The Bertz CT molecular complexity index is 635. The molecule has 2 aromatic rings. The van der Waals surface area contributed by atoms with Crippen molar-refractivity contribution in [3.05, 3.63) is 52.8 Å². The van der Waals surface area contributed by atoms with E-state index in [-0.39, 0.29) is 5.91 Å². The topological polar surface area (TPSA) is 61.0 Å². The van der Waals surface area contributed by atoms with E-state index in [0.29, 0.717) is 5.69 Å². The first kappa shape index (κ1) is 14.8. The van der Waals surface area contributed by atoms with Gasteiger partial charge in [0.05, 0.1) is 0 Å². The van der Waals surface area contributed by atoms with Crippen molar-refractivity contribution in [2.45, 2.75) is 25.8 Å². The van der Waals surface area contributed by atoms with E-state index in [2.05, 4.69) is 27.6 Å². The first-order valence-electron chi connectivity index (χ1n) is 7.82. The summed E-state index contributed by atoms with van der Waals surface area (Å²) in [6.45, 7) is 2.41. The van der Waals surface area contributed by atoms with E-state index in [4.69, 9.17) is 0 Å². The standard InChI is InChI=1S/C17H22N4O/c1-21(11-5-8-13-6-3-2-4-7-13)17(22)16-14-12-18-10-9-15(14)19-20-16/h2-4,6-7,18H,5,8-12H2,1H3,(H,19,20). The van der Waals surface area contributed by atoms with Crippen LogP contribution in [0.4, 0.5) is 0 Å². The maximum Gasteiger partial charge on any atom is 0.274 e. The predicted molar refractivity (Wildman–Crippen MR) is 85.7 cm³/mol. The molecule has 0 saturated carbocycles. The average molecular weight is 298 g/mol. The number of nitrogens with zero attached hydrogens (tertiary/aromatic N) is 2. The Labute approximate surface area is 130 Å². The van der Waals surface area contributed by atoms with Crippen molar-refractivity contribution in [1.82, 2.24) is 20.4 Å². The minimum atomic E-state index is 0.00858. The lowest BCUT2D eigenvalue weighted by Crippen LogP contribution is -2.31. The Hall–Kier alpha value is -2.14. The lowest BCUT2D eigenvalue weighted by molar-refractivity contribution is 0.0786. The number of amides is 1. The molecule has 1 amide bonds. The van der Waals surface area contributed by atoms with Gasteiger partial charge in [-0.1, -0.05) is 30.3 Å². The molecule has 5 nitrogen and oxygen atoms in total. The van der Waals surface area contributed by atoms with Crippen molar-refractivity contribution in [2.75, 3.05) is 20.1 Å². The van der Waals surface area contributed by atoms with Crippen molar-refractivity contribution in [3.63, 3.8) is 0 Å². The van der Waals surface area contributed by atoms with Gasteiger partial charge in [0.2, 0.25) is 0 Å². The van der Waals surface area contributed by atoms with Gasteiger partial charge in [0, 0.05) is 44.4 Å². The monoisotopic (exact) mass is 298 g/mol. The number of rotatable bonds is 5. The number of aromatic amines is 1. The lowest BCUT2D eigenvalue weighted by atomic mass is 10.1. The molecule has 0 fully saturated rings. The zero-order chi connectivity index (χ0) is 15.4. The average Bonchev–Trinajstić information content (AvgIpc) is 2.99. The van der Waals surface area contributed by atoms with Crippen LogP contribution >= 0.6 is 0 Å². The molecular formula is C17H22N4O. The Kier molecular flexibility index (Phi) is 4.53. The second-order valence-corrected chi connectivity index (χ2v) is 5.77. The highest BCUT2D eigenvalue weighted by atomic mass is 16.2. The van der Waals surface area contributed by atoms with Crippen molar-refractivity contribution in [2.24, 2.45) is 0 Å². The second kappa shape index (κ2) is 6.75. The number of H-pyrrole nitrogens is 1. The summed E-state index contributed by atoms with van der Waals surface area (Å²) in [6, 6.07) is 10.4. The summed E-state index contributed by atoms with van der Waals surface area (Å²) in [4.78, 5) is 14.3. The first-order chi connectivity index (χ1) is 10.8. The number of carbonyl (C=O) groups is 1. The van der Waals surface area contributed by atoms with Crippen LogP contribution in [0.3, 0.4) is 0 Å². The Morgan fingerprint density at radius 1 is 1.32 bits per heavy atom. The number of aromatic nitrogens is 2. The summed E-state index contributed by atoms with van der Waals surface area (Å²) < 4.78 is 0. The van der Waals surface area contributed by atoms with E-state index in [1.54, 1.807) is 4.90 Å². The molecule has 0 atom stereocenters. The number of nitrogens with one attached hydrogen (secondary N) is 2. The smallest absolute Gasteiger partial charge is 0.274 e. The molecule has 0 bridgehead atoms. The predicted octanol–water partition coefficient (Wildman–Crippen LogP) is 1.76. The van der Waals surface area contributed by atoms with Gasteiger partial charge in [-0.25, -0.2) is 0 Å². The van der Waals surface area contributed by atoms with Crippen molar-refractivity contribution < 1.29 is 4.79 Å². The molecule has 116 valence electrons. The maximum absolute atomic E-state index is 12.5. The largest absolute Gasteiger partial charge is 0.340 e. The zero-order valence-corrected chi connectivity index (χ0v) is 12.9. The van der Waals surface area contributed by atoms with Gasteiger partial charge in [-0.2, -0.15) is 5.10 Å². The molecule has 0 spiro atoms. The summed E-state index contributed by atoms with van der Waals surface area (Å²) in [7, 11) is 1.85. The lowest BCUT2D eigenvalue weighted by Gasteiger charge is -2.18. The van der Waals surface area contributed by atoms with Crippen LogP contribution < -0.4 is 5.32 Å². The Morgan fingerprint density at radius 2 is 2.14 bits per heavy atom. The summed E-state index contributed by atoms with van der Waals surface area (Å²) in [5, 5.41) is 10.5. The van der Waals surface area contributed by atoms with Crippen LogP contribution in [0.5, 0.6) is 0 Å². The Morgan fingerprint density at radius 3 is 2.95 bits per heavy atom. The molecule has 1 aliphatic rings. The van der Waals surface area contributed by atoms with Crippen LogP contribution in [-0.4, -0.2) is 41.1 Å². The molecule has 0 unspecified atom stereocenters. The number of fused-ring (bicyclic) bond motifs is 1. The normalized spacial score (nSPS) is 13.7. The van der Waals surface area contributed by atoms with E-state index in [1.807, 2.05) is 25.2 Å². The van der Waals surface area contributed by atoms with Crippen molar-refractivity contribution >= 4 is 5.91 Å². The van der Waals surface area contributed by atoms with Gasteiger partial charge in [-0.05, 0) is 18.4 Å². The van der Waals surface area contributed by atoms with E-state index < -0.39 is 0 Å². The highest BCUT2D eigenvalue weighted by molar-refractivity contribution is 5.93. The van der Waals surface area contributed by atoms with Crippen LogP contribution in [0, 0.1) is 0 Å². The van der Waals surface area contributed by atoms with Crippen molar-refractivity contribution in [3.8, 4) is 0 Å². The molecule has 0 radical (unpaired) electrons. The molecule has 3 rings (SSSR count). The Balaban J connectivity index is 1.57. The van der Waals surface area contributed by atoms with Crippen LogP contribution in [-0.2, 0) is 19.4 Å².